The number of ether oxygens (including phenoxy) is 2. The van der Waals surface area contributed by atoms with Crippen molar-refractivity contribution < 1.29 is 19.1 Å². The Balaban J connectivity index is 1.31. The minimum atomic E-state index is -0.406. The molecule has 1 spiro atoms. The summed E-state index contributed by atoms with van der Waals surface area (Å²) in [5, 5.41) is 2.99. The van der Waals surface area contributed by atoms with E-state index in [0.29, 0.717) is 25.9 Å². The van der Waals surface area contributed by atoms with E-state index in [-0.39, 0.29) is 18.1 Å². The smallest absolute Gasteiger partial charge is 0.321 e. The quantitative estimate of drug-likeness (QED) is 0.786. The zero-order valence-electron chi connectivity index (χ0n) is 17.4. The van der Waals surface area contributed by atoms with Gasteiger partial charge in [-0.1, -0.05) is 0 Å². The number of methoxy groups -OCH3 is 1. The lowest BCUT2D eigenvalue weighted by Gasteiger charge is -2.36. The average molecular weight is 402 g/mol. The van der Waals surface area contributed by atoms with Crippen LogP contribution in [0.4, 0.5) is 10.5 Å². The van der Waals surface area contributed by atoms with Gasteiger partial charge in [0.05, 0.1) is 12.5 Å². The number of carbonyl (C=O) groups excluding carboxylic acids is 2. The summed E-state index contributed by atoms with van der Waals surface area (Å²) in [4.78, 5) is 29.6. The van der Waals surface area contributed by atoms with Crippen molar-refractivity contribution in [1.82, 2.24) is 9.80 Å². The highest BCUT2D eigenvalue weighted by Crippen LogP contribution is 2.43. The predicted octanol–water partition coefficient (Wildman–Crippen LogP) is 3.03. The first-order valence-electron chi connectivity index (χ1n) is 10.6. The number of anilines is 1. The van der Waals surface area contributed by atoms with Gasteiger partial charge in [0.15, 0.2) is 0 Å². The van der Waals surface area contributed by atoms with E-state index < -0.39 is 5.41 Å². The number of amides is 2. The Morgan fingerprint density at radius 2 is 1.97 bits per heavy atom. The number of likely N-dealkylation sites (tertiary alicyclic amines) is 2. The molecule has 29 heavy (non-hydrogen) atoms. The van der Waals surface area contributed by atoms with Crippen LogP contribution >= 0.6 is 0 Å². The van der Waals surface area contributed by atoms with Gasteiger partial charge < -0.3 is 19.7 Å². The minimum absolute atomic E-state index is 0.00271. The number of hydrogen-bond donors (Lipinski definition) is 1. The molecule has 3 aliphatic heterocycles. The molecule has 1 aromatic rings. The lowest BCUT2D eigenvalue weighted by atomic mass is 9.76. The van der Waals surface area contributed by atoms with E-state index in [2.05, 4.69) is 10.2 Å². The van der Waals surface area contributed by atoms with Crippen LogP contribution in [0.25, 0.3) is 0 Å². The van der Waals surface area contributed by atoms with Gasteiger partial charge in [0.2, 0.25) is 0 Å². The van der Waals surface area contributed by atoms with Gasteiger partial charge in [0.25, 0.3) is 0 Å². The fraction of sp³-hybridized carbons (Fsp3) is 0.636. The Labute approximate surface area is 172 Å². The van der Waals surface area contributed by atoms with E-state index in [1.165, 1.54) is 12.8 Å². The molecule has 1 aromatic carbocycles. The summed E-state index contributed by atoms with van der Waals surface area (Å²) in [5.74, 6) is 0.705. The molecule has 2 amide bonds. The molecule has 1 atom stereocenters. The molecular weight excluding hydrogens is 370 g/mol. The number of nitrogens with zero attached hydrogens (tertiary/aromatic N) is 2. The number of carbonyl (C=O) groups is 2. The van der Waals surface area contributed by atoms with Crippen LogP contribution in [-0.4, -0.2) is 67.7 Å². The molecule has 158 valence electrons. The van der Waals surface area contributed by atoms with Crippen molar-refractivity contribution in [2.24, 2.45) is 5.41 Å². The van der Waals surface area contributed by atoms with Crippen LogP contribution in [0, 0.1) is 12.3 Å². The zero-order chi connectivity index (χ0) is 20.4. The van der Waals surface area contributed by atoms with E-state index in [1.54, 1.807) is 12.0 Å². The third-order valence-corrected chi connectivity index (χ3v) is 6.67. The van der Waals surface area contributed by atoms with E-state index in [9.17, 15) is 9.59 Å². The number of aryl methyl sites for hydroxylation is 1. The molecule has 1 unspecified atom stereocenters. The predicted molar refractivity (Wildman–Crippen MR) is 110 cm³/mol. The number of benzene rings is 1. The Bertz CT molecular complexity index is 767. The van der Waals surface area contributed by atoms with Crippen molar-refractivity contribution in [1.29, 1.82) is 0 Å². The lowest BCUT2D eigenvalue weighted by Crippen LogP contribution is -2.46. The van der Waals surface area contributed by atoms with Gasteiger partial charge in [-0.05, 0) is 69.5 Å². The van der Waals surface area contributed by atoms with Gasteiger partial charge in [-0.2, -0.15) is 0 Å². The van der Waals surface area contributed by atoms with Gasteiger partial charge in [0, 0.05) is 31.7 Å². The number of piperidine rings is 1. The van der Waals surface area contributed by atoms with E-state index >= 15 is 0 Å². The fourth-order valence-electron chi connectivity index (χ4n) is 4.84. The highest BCUT2D eigenvalue weighted by Gasteiger charge is 2.51. The summed E-state index contributed by atoms with van der Waals surface area (Å²) >= 11 is 0. The number of nitrogens with one attached hydrogen (secondary N) is 1. The molecule has 4 rings (SSSR count). The number of rotatable bonds is 4. The molecule has 1 N–H and O–H groups in total. The summed E-state index contributed by atoms with van der Waals surface area (Å²) in [6, 6.07) is 5.47. The first-order chi connectivity index (χ1) is 14.0. The molecule has 3 fully saturated rings. The standard InChI is InChI=1S/C22H31N3O4/c1-16-13-17(28-2)5-6-19(16)23-21(27)25-11-7-22(8-12-25)14-18(29-20(22)26)15-24-9-3-4-10-24/h5-6,13,18H,3-4,7-12,14-15H2,1-2H3,(H,23,27). The van der Waals surface area contributed by atoms with Crippen molar-refractivity contribution in [2.45, 2.75) is 45.1 Å². The molecule has 3 saturated heterocycles. The zero-order valence-corrected chi connectivity index (χ0v) is 17.4. The van der Waals surface area contributed by atoms with E-state index in [4.69, 9.17) is 9.47 Å². The molecule has 3 heterocycles. The molecule has 0 saturated carbocycles. The van der Waals surface area contributed by atoms with Crippen LogP contribution in [0.2, 0.25) is 0 Å². The second-order valence-corrected chi connectivity index (χ2v) is 8.62. The molecule has 7 nitrogen and oxygen atoms in total. The molecule has 0 bridgehead atoms. The van der Waals surface area contributed by atoms with E-state index in [1.807, 2.05) is 25.1 Å². The van der Waals surface area contributed by atoms with E-state index in [0.717, 1.165) is 43.1 Å². The van der Waals surface area contributed by atoms with Crippen LogP contribution in [0.15, 0.2) is 18.2 Å². The molecule has 3 aliphatic rings. The highest BCUT2D eigenvalue weighted by molar-refractivity contribution is 5.90. The summed E-state index contributed by atoms with van der Waals surface area (Å²) in [5.41, 5.74) is 1.33. The summed E-state index contributed by atoms with van der Waals surface area (Å²) in [7, 11) is 1.63. The van der Waals surface area contributed by atoms with Crippen LogP contribution in [-0.2, 0) is 9.53 Å². The topological polar surface area (TPSA) is 71.1 Å². The summed E-state index contributed by atoms with van der Waals surface area (Å²) in [6.07, 6.45) is 4.62. The first-order valence-corrected chi connectivity index (χ1v) is 10.6. The largest absolute Gasteiger partial charge is 0.497 e. The maximum atomic E-state index is 12.7. The average Bonchev–Trinajstić information content (AvgIpc) is 3.32. The highest BCUT2D eigenvalue weighted by atomic mass is 16.6. The van der Waals surface area contributed by atoms with Crippen molar-refractivity contribution >= 4 is 17.7 Å². The second-order valence-electron chi connectivity index (χ2n) is 8.62. The van der Waals surface area contributed by atoms with Crippen molar-refractivity contribution in [2.75, 3.05) is 45.2 Å². The second kappa shape index (κ2) is 8.22. The Morgan fingerprint density at radius 3 is 2.62 bits per heavy atom. The number of urea groups is 1. The minimum Gasteiger partial charge on any atom is -0.497 e. The summed E-state index contributed by atoms with van der Waals surface area (Å²) in [6.45, 7) is 6.17. The number of cyclic esters (lactones) is 1. The van der Waals surface area contributed by atoms with Crippen LogP contribution in [0.5, 0.6) is 5.75 Å². The van der Waals surface area contributed by atoms with Gasteiger partial charge in [0.1, 0.15) is 11.9 Å². The maximum Gasteiger partial charge on any atom is 0.321 e. The van der Waals surface area contributed by atoms with Gasteiger partial charge in [-0.15, -0.1) is 0 Å². The van der Waals surface area contributed by atoms with Crippen LogP contribution in [0.1, 0.15) is 37.7 Å². The van der Waals surface area contributed by atoms with Gasteiger partial charge in [-0.25, -0.2) is 4.79 Å². The SMILES string of the molecule is COc1ccc(NC(=O)N2CCC3(CC2)CC(CN2CCCC2)OC3=O)c(C)c1. The molecule has 7 heteroatoms. The maximum absolute atomic E-state index is 12.7. The summed E-state index contributed by atoms with van der Waals surface area (Å²) < 4.78 is 10.9. The van der Waals surface area contributed by atoms with Crippen molar-refractivity contribution in [3.05, 3.63) is 23.8 Å². The molecule has 0 aliphatic carbocycles. The lowest BCUT2D eigenvalue weighted by molar-refractivity contribution is -0.150. The Hall–Kier alpha value is -2.28. The number of hydrogen-bond acceptors (Lipinski definition) is 5. The third-order valence-electron chi connectivity index (χ3n) is 6.67. The Morgan fingerprint density at radius 1 is 1.24 bits per heavy atom. The van der Waals surface area contributed by atoms with Crippen molar-refractivity contribution in [3.63, 3.8) is 0 Å². The monoisotopic (exact) mass is 401 g/mol. The molecule has 0 radical (unpaired) electrons. The first kappa shape index (κ1) is 20.0. The fourth-order valence-corrected chi connectivity index (χ4v) is 4.84. The normalized spacial score (nSPS) is 24.0. The van der Waals surface area contributed by atoms with Gasteiger partial charge >= 0.3 is 12.0 Å². The molecule has 0 aromatic heterocycles. The molecular formula is C22H31N3O4. The van der Waals surface area contributed by atoms with Gasteiger partial charge in [-0.3, -0.25) is 9.69 Å². The third kappa shape index (κ3) is 4.20. The van der Waals surface area contributed by atoms with Crippen molar-refractivity contribution in [3.8, 4) is 5.75 Å². The van der Waals surface area contributed by atoms with Crippen LogP contribution < -0.4 is 10.1 Å². The van der Waals surface area contributed by atoms with Crippen LogP contribution in [0.3, 0.4) is 0 Å². The number of esters is 1. The Kier molecular flexibility index (Phi) is 5.67.